The van der Waals surface area contributed by atoms with Gasteiger partial charge in [-0.2, -0.15) is 0 Å². The number of carbonyl (C=O) groups is 1. The standard InChI is InChI=1S/C11H19N3O2S/c1-4-5-14(7(2)3)11-13-8(6-17-11)9(12)10(15)16/h6-7,9H,4-5,12H2,1-3H3,(H,15,16). The van der Waals surface area contributed by atoms with E-state index < -0.39 is 12.0 Å². The Morgan fingerprint density at radius 1 is 1.65 bits per heavy atom. The summed E-state index contributed by atoms with van der Waals surface area (Å²) in [6, 6.07) is -0.689. The number of anilines is 1. The minimum absolute atomic E-state index is 0.343. The highest BCUT2D eigenvalue weighted by molar-refractivity contribution is 7.13. The van der Waals surface area contributed by atoms with Crippen molar-refractivity contribution in [3.8, 4) is 0 Å². The molecular weight excluding hydrogens is 238 g/mol. The van der Waals surface area contributed by atoms with Crippen molar-refractivity contribution in [2.45, 2.75) is 39.3 Å². The van der Waals surface area contributed by atoms with E-state index in [0.717, 1.165) is 18.1 Å². The summed E-state index contributed by atoms with van der Waals surface area (Å²) in [5.74, 6) is -1.05. The van der Waals surface area contributed by atoms with E-state index in [1.54, 1.807) is 5.38 Å². The number of thiazole rings is 1. The predicted octanol–water partition coefficient (Wildman–Crippen LogP) is 1.85. The van der Waals surface area contributed by atoms with Crippen molar-refractivity contribution < 1.29 is 9.90 Å². The van der Waals surface area contributed by atoms with Gasteiger partial charge in [0.2, 0.25) is 0 Å². The monoisotopic (exact) mass is 257 g/mol. The van der Waals surface area contributed by atoms with Gasteiger partial charge in [-0.15, -0.1) is 11.3 Å². The Hall–Kier alpha value is -1.14. The zero-order valence-electron chi connectivity index (χ0n) is 10.4. The minimum Gasteiger partial charge on any atom is -0.480 e. The number of nitrogens with two attached hydrogens (primary N) is 1. The number of aliphatic carboxylic acids is 1. The molecule has 0 saturated heterocycles. The van der Waals surface area contributed by atoms with Crippen LogP contribution in [0.1, 0.15) is 38.9 Å². The van der Waals surface area contributed by atoms with Crippen LogP contribution in [0.15, 0.2) is 5.38 Å². The van der Waals surface area contributed by atoms with Gasteiger partial charge in [-0.05, 0) is 20.3 Å². The van der Waals surface area contributed by atoms with Gasteiger partial charge in [0.1, 0.15) is 6.04 Å². The first kappa shape index (κ1) is 13.9. The second-order valence-electron chi connectivity index (χ2n) is 4.16. The maximum Gasteiger partial charge on any atom is 0.326 e. The summed E-state index contributed by atoms with van der Waals surface area (Å²) in [4.78, 5) is 17.2. The fourth-order valence-electron chi connectivity index (χ4n) is 1.49. The van der Waals surface area contributed by atoms with Crippen LogP contribution in [0, 0.1) is 0 Å². The van der Waals surface area contributed by atoms with Crippen molar-refractivity contribution in [2.24, 2.45) is 5.73 Å². The first-order chi connectivity index (χ1) is 7.97. The molecule has 1 atom stereocenters. The maximum absolute atomic E-state index is 10.8. The predicted molar refractivity (Wildman–Crippen MR) is 69.5 cm³/mol. The normalized spacial score (nSPS) is 12.8. The molecule has 0 aliphatic heterocycles. The van der Waals surface area contributed by atoms with Crippen molar-refractivity contribution in [3.63, 3.8) is 0 Å². The molecule has 1 unspecified atom stereocenters. The molecule has 0 aromatic carbocycles. The molecule has 0 bridgehead atoms. The Bertz CT molecular complexity index is 379. The Morgan fingerprint density at radius 2 is 2.29 bits per heavy atom. The Labute approximate surface area is 105 Å². The summed E-state index contributed by atoms with van der Waals surface area (Å²) in [5, 5.41) is 11.4. The van der Waals surface area contributed by atoms with E-state index in [4.69, 9.17) is 10.8 Å². The third kappa shape index (κ3) is 3.41. The van der Waals surface area contributed by atoms with Gasteiger partial charge >= 0.3 is 5.97 Å². The summed E-state index contributed by atoms with van der Waals surface area (Å²) in [7, 11) is 0. The highest BCUT2D eigenvalue weighted by Crippen LogP contribution is 2.25. The molecule has 96 valence electrons. The maximum atomic E-state index is 10.8. The zero-order chi connectivity index (χ0) is 13.0. The molecule has 1 aromatic rings. The molecule has 0 aliphatic carbocycles. The van der Waals surface area contributed by atoms with E-state index in [2.05, 4.69) is 30.7 Å². The highest BCUT2D eigenvalue weighted by Gasteiger charge is 2.20. The van der Waals surface area contributed by atoms with Crippen LogP contribution in [-0.4, -0.2) is 28.6 Å². The molecule has 1 aromatic heterocycles. The lowest BCUT2D eigenvalue weighted by molar-refractivity contribution is -0.138. The quantitative estimate of drug-likeness (QED) is 0.813. The number of hydrogen-bond donors (Lipinski definition) is 2. The summed E-state index contributed by atoms with van der Waals surface area (Å²) in [5.41, 5.74) is 5.96. The SMILES string of the molecule is CCCN(c1nc(C(N)C(=O)O)cs1)C(C)C. The van der Waals surface area contributed by atoms with E-state index in [1.807, 2.05) is 0 Å². The number of carboxylic acids is 1. The second-order valence-corrected chi connectivity index (χ2v) is 4.99. The number of carboxylic acid groups (broad SMARTS) is 1. The number of nitrogens with zero attached hydrogens (tertiary/aromatic N) is 2. The van der Waals surface area contributed by atoms with Gasteiger partial charge in [0, 0.05) is 18.0 Å². The van der Waals surface area contributed by atoms with Gasteiger partial charge in [-0.25, -0.2) is 4.98 Å². The van der Waals surface area contributed by atoms with Crippen LogP contribution in [0.2, 0.25) is 0 Å². The molecule has 1 heterocycles. The van der Waals surface area contributed by atoms with Crippen LogP contribution in [0.5, 0.6) is 0 Å². The molecule has 0 saturated carbocycles. The lowest BCUT2D eigenvalue weighted by atomic mass is 10.2. The summed E-state index contributed by atoms with van der Waals surface area (Å²) in [6.45, 7) is 7.20. The first-order valence-corrected chi connectivity index (χ1v) is 6.55. The lowest BCUT2D eigenvalue weighted by Gasteiger charge is -2.25. The first-order valence-electron chi connectivity index (χ1n) is 5.67. The van der Waals surface area contributed by atoms with E-state index in [0.29, 0.717) is 11.7 Å². The van der Waals surface area contributed by atoms with Crippen molar-refractivity contribution in [1.82, 2.24) is 4.98 Å². The number of rotatable bonds is 6. The Kier molecular flexibility index (Phi) is 4.89. The van der Waals surface area contributed by atoms with Gasteiger partial charge in [-0.1, -0.05) is 6.92 Å². The van der Waals surface area contributed by atoms with Crippen LogP contribution < -0.4 is 10.6 Å². The molecule has 0 amide bonds. The summed E-state index contributed by atoms with van der Waals surface area (Å²) in [6.07, 6.45) is 1.03. The van der Waals surface area contributed by atoms with Crippen LogP contribution in [0.4, 0.5) is 5.13 Å². The molecule has 3 N–H and O–H groups in total. The van der Waals surface area contributed by atoms with Gasteiger partial charge in [0.15, 0.2) is 5.13 Å². The molecule has 5 nitrogen and oxygen atoms in total. The van der Waals surface area contributed by atoms with Gasteiger partial charge in [0.25, 0.3) is 0 Å². The fourth-order valence-corrected chi connectivity index (χ4v) is 2.51. The minimum atomic E-state index is -1.05. The topological polar surface area (TPSA) is 79.5 Å². The molecule has 17 heavy (non-hydrogen) atoms. The molecule has 0 spiro atoms. The lowest BCUT2D eigenvalue weighted by Crippen LogP contribution is -2.31. The Morgan fingerprint density at radius 3 is 2.76 bits per heavy atom. The molecule has 0 aliphatic rings. The van der Waals surface area contributed by atoms with E-state index in [-0.39, 0.29) is 0 Å². The zero-order valence-corrected chi connectivity index (χ0v) is 11.2. The van der Waals surface area contributed by atoms with Crippen molar-refractivity contribution in [1.29, 1.82) is 0 Å². The Balaban J connectivity index is 2.88. The molecule has 6 heteroatoms. The largest absolute Gasteiger partial charge is 0.480 e. The average molecular weight is 257 g/mol. The van der Waals surface area contributed by atoms with Crippen LogP contribution in [0.3, 0.4) is 0 Å². The van der Waals surface area contributed by atoms with E-state index in [9.17, 15) is 4.79 Å². The van der Waals surface area contributed by atoms with Gasteiger partial charge in [-0.3, -0.25) is 4.79 Å². The second kappa shape index (κ2) is 5.97. The average Bonchev–Trinajstić information content (AvgIpc) is 2.73. The third-order valence-corrected chi connectivity index (χ3v) is 3.32. The molecule has 0 radical (unpaired) electrons. The van der Waals surface area contributed by atoms with Crippen LogP contribution >= 0.6 is 11.3 Å². The molecular formula is C11H19N3O2S. The van der Waals surface area contributed by atoms with Crippen LogP contribution in [-0.2, 0) is 4.79 Å². The van der Waals surface area contributed by atoms with Crippen molar-refractivity contribution in [2.75, 3.05) is 11.4 Å². The van der Waals surface area contributed by atoms with Crippen molar-refractivity contribution in [3.05, 3.63) is 11.1 Å². The molecule has 0 fully saturated rings. The number of aromatic nitrogens is 1. The summed E-state index contributed by atoms with van der Waals surface area (Å²) < 4.78 is 0. The van der Waals surface area contributed by atoms with Gasteiger partial charge in [0.05, 0.1) is 5.69 Å². The third-order valence-electron chi connectivity index (χ3n) is 2.43. The van der Waals surface area contributed by atoms with Gasteiger partial charge < -0.3 is 15.7 Å². The van der Waals surface area contributed by atoms with Crippen molar-refractivity contribution >= 4 is 22.4 Å². The fraction of sp³-hybridized carbons (Fsp3) is 0.636. The smallest absolute Gasteiger partial charge is 0.326 e. The van der Waals surface area contributed by atoms with E-state index >= 15 is 0 Å². The summed E-state index contributed by atoms with van der Waals surface area (Å²) >= 11 is 1.44. The number of hydrogen-bond acceptors (Lipinski definition) is 5. The van der Waals surface area contributed by atoms with E-state index in [1.165, 1.54) is 11.3 Å². The van der Waals surface area contributed by atoms with Crippen LogP contribution in [0.25, 0.3) is 0 Å². The highest BCUT2D eigenvalue weighted by atomic mass is 32.1. The molecule has 1 rings (SSSR count).